The smallest absolute Gasteiger partial charge is 0.0359 e. The largest absolute Gasteiger partial charge is 0.388 e. The van der Waals surface area contributed by atoms with E-state index in [9.17, 15) is 0 Å². The van der Waals surface area contributed by atoms with Gasteiger partial charge in [-0.3, -0.25) is 0 Å². The van der Waals surface area contributed by atoms with Gasteiger partial charge in [0.15, 0.2) is 0 Å². The Bertz CT molecular complexity index is 228. The molecule has 0 aliphatic rings. The molecule has 0 heterocycles. The number of nitrogens with one attached hydrogen (secondary N) is 1. The van der Waals surface area contributed by atoms with Gasteiger partial charge in [0.2, 0.25) is 0 Å². The predicted molar refractivity (Wildman–Crippen MR) is 60.6 cm³/mol. The molecule has 0 aromatic rings. The van der Waals surface area contributed by atoms with Crippen molar-refractivity contribution < 1.29 is 0 Å². The second kappa shape index (κ2) is 5.63. The van der Waals surface area contributed by atoms with Crippen LogP contribution in [0.3, 0.4) is 0 Å². The van der Waals surface area contributed by atoms with E-state index in [0.717, 1.165) is 0 Å². The van der Waals surface area contributed by atoms with Crippen LogP contribution < -0.4 is 5.32 Å². The van der Waals surface area contributed by atoms with Crippen LogP contribution in [0.25, 0.3) is 0 Å². The van der Waals surface area contributed by atoms with Gasteiger partial charge in [0.05, 0.1) is 0 Å². The molecule has 0 spiro atoms. The lowest BCUT2D eigenvalue weighted by Gasteiger charge is -2.16. The Morgan fingerprint density at radius 2 is 1.85 bits per heavy atom. The molecule has 0 saturated heterocycles. The molecular weight excluding hydrogens is 158 g/mol. The number of hydrogen-bond donors (Lipinski definition) is 1. The molecule has 0 saturated carbocycles. The Kier molecular flexibility index (Phi) is 5.20. The number of likely N-dealkylation sites (N-methyl/N-ethyl adjacent to an activating group) is 1. The van der Waals surface area contributed by atoms with Gasteiger partial charge in [0, 0.05) is 12.7 Å². The molecule has 1 nitrogen and oxygen atoms in total. The van der Waals surface area contributed by atoms with Gasteiger partial charge in [0.1, 0.15) is 0 Å². The topological polar surface area (TPSA) is 12.0 Å². The van der Waals surface area contributed by atoms with Crippen molar-refractivity contribution in [1.82, 2.24) is 5.32 Å². The first-order chi connectivity index (χ1) is 6.04. The van der Waals surface area contributed by atoms with E-state index in [2.05, 4.69) is 45.7 Å². The van der Waals surface area contributed by atoms with E-state index in [1.54, 1.807) is 0 Å². The third kappa shape index (κ3) is 3.49. The monoisotopic (exact) mass is 179 g/mol. The molecule has 0 rings (SSSR count). The zero-order chi connectivity index (χ0) is 10.4. The summed E-state index contributed by atoms with van der Waals surface area (Å²) < 4.78 is 0. The van der Waals surface area contributed by atoms with Crippen molar-refractivity contribution in [3.8, 4) is 0 Å². The predicted octanol–water partition coefficient (Wildman–Crippen LogP) is 3.27. The summed E-state index contributed by atoms with van der Waals surface area (Å²) in [7, 11) is 1.96. The maximum Gasteiger partial charge on any atom is 0.0359 e. The molecule has 74 valence electrons. The summed E-state index contributed by atoms with van der Waals surface area (Å²) in [5.41, 5.74) is 3.86. The van der Waals surface area contributed by atoms with Crippen molar-refractivity contribution in [2.45, 2.75) is 27.7 Å². The normalized spacial score (nSPS) is 11.4. The quantitative estimate of drug-likeness (QED) is 0.653. The fourth-order valence-electron chi connectivity index (χ4n) is 1.37. The van der Waals surface area contributed by atoms with Crippen LogP contribution in [0.4, 0.5) is 0 Å². The molecule has 0 aromatic carbocycles. The Labute approximate surface area is 82.2 Å². The lowest BCUT2D eigenvalue weighted by Crippen LogP contribution is -2.13. The highest BCUT2D eigenvalue weighted by Gasteiger charge is 2.08. The summed E-state index contributed by atoms with van der Waals surface area (Å²) in [5, 5.41) is 3.23. The molecule has 13 heavy (non-hydrogen) atoms. The van der Waals surface area contributed by atoms with Crippen LogP contribution in [-0.4, -0.2) is 7.05 Å². The van der Waals surface area contributed by atoms with Gasteiger partial charge >= 0.3 is 0 Å². The Balaban J connectivity index is 5.05. The first kappa shape index (κ1) is 12.0. The minimum Gasteiger partial charge on any atom is -0.388 e. The molecule has 0 unspecified atom stereocenters. The summed E-state index contributed by atoms with van der Waals surface area (Å²) in [6.45, 7) is 12.3. The summed E-state index contributed by atoms with van der Waals surface area (Å²) in [4.78, 5) is 0. The zero-order valence-corrected chi connectivity index (χ0v) is 9.44. The van der Waals surface area contributed by atoms with E-state index in [-0.39, 0.29) is 0 Å². The van der Waals surface area contributed by atoms with Crippen molar-refractivity contribution in [3.63, 3.8) is 0 Å². The Morgan fingerprint density at radius 3 is 2.08 bits per heavy atom. The van der Waals surface area contributed by atoms with Crippen LogP contribution in [-0.2, 0) is 0 Å². The van der Waals surface area contributed by atoms with Crippen LogP contribution in [0, 0.1) is 5.92 Å². The van der Waals surface area contributed by atoms with E-state index < -0.39 is 0 Å². The van der Waals surface area contributed by atoms with Gasteiger partial charge in [-0.15, -0.1) is 0 Å². The molecule has 0 atom stereocenters. The number of hydrogen-bond acceptors (Lipinski definition) is 1. The average Bonchev–Trinajstić information content (AvgIpc) is 2.03. The number of allylic oxidation sites excluding steroid dienone is 4. The molecule has 0 aliphatic heterocycles. The van der Waals surface area contributed by atoms with Crippen LogP contribution in [0.15, 0.2) is 35.6 Å². The molecule has 0 aromatic heterocycles. The molecule has 0 aliphatic carbocycles. The van der Waals surface area contributed by atoms with Gasteiger partial charge < -0.3 is 5.32 Å². The first-order valence-electron chi connectivity index (χ1n) is 4.72. The molecule has 1 N–H and O–H groups in total. The molecule has 0 radical (unpaired) electrons. The zero-order valence-electron chi connectivity index (χ0n) is 9.44. The van der Waals surface area contributed by atoms with E-state index in [1.165, 1.54) is 16.8 Å². The van der Waals surface area contributed by atoms with Crippen molar-refractivity contribution in [1.29, 1.82) is 0 Å². The highest BCUT2D eigenvalue weighted by Crippen LogP contribution is 2.19. The van der Waals surface area contributed by atoms with Gasteiger partial charge in [-0.05, 0) is 25.3 Å². The minimum absolute atomic E-state index is 0.523. The van der Waals surface area contributed by atoms with Gasteiger partial charge in [-0.2, -0.15) is 0 Å². The molecule has 0 amide bonds. The standard InChI is InChI=1S/C12H21N/c1-7-8-11(9(2)3)12(13-6)10(4)5/h7-9,13H,1H2,2-6H3/b11-8-. The summed E-state index contributed by atoms with van der Waals surface area (Å²) >= 11 is 0. The molecular formula is C12H21N. The Morgan fingerprint density at radius 1 is 1.31 bits per heavy atom. The highest BCUT2D eigenvalue weighted by atomic mass is 14.8. The second-order valence-corrected chi connectivity index (χ2v) is 3.64. The summed E-state index contributed by atoms with van der Waals surface area (Å²) in [6, 6.07) is 0. The Hall–Kier alpha value is -0.980. The number of rotatable bonds is 4. The maximum absolute atomic E-state index is 3.73. The van der Waals surface area contributed by atoms with Crippen LogP contribution in [0.2, 0.25) is 0 Å². The summed E-state index contributed by atoms with van der Waals surface area (Å²) in [5.74, 6) is 0.523. The molecule has 0 bridgehead atoms. The van der Waals surface area contributed by atoms with Crippen LogP contribution in [0.1, 0.15) is 27.7 Å². The highest BCUT2D eigenvalue weighted by molar-refractivity contribution is 5.35. The third-order valence-corrected chi connectivity index (χ3v) is 1.96. The summed E-state index contributed by atoms with van der Waals surface area (Å²) in [6.07, 6.45) is 3.92. The van der Waals surface area contributed by atoms with E-state index in [4.69, 9.17) is 0 Å². The van der Waals surface area contributed by atoms with Gasteiger partial charge in [-0.25, -0.2) is 0 Å². The van der Waals surface area contributed by atoms with Crippen molar-refractivity contribution in [3.05, 3.63) is 35.6 Å². The van der Waals surface area contributed by atoms with Gasteiger partial charge in [-0.1, -0.05) is 38.2 Å². The van der Waals surface area contributed by atoms with Crippen molar-refractivity contribution in [2.24, 2.45) is 5.92 Å². The first-order valence-corrected chi connectivity index (χ1v) is 4.72. The maximum atomic E-state index is 3.73. The van der Waals surface area contributed by atoms with Crippen LogP contribution in [0.5, 0.6) is 0 Å². The van der Waals surface area contributed by atoms with E-state index in [0.29, 0.717) is 5.92 Å². The van der Waals surface area contributed by atoms with Crippen molar-refractivity contribution >= 4 is 0 Å². The van der Waals surface area contributed by atoms with Gasteiger partial charge in [0.25, 0.3) is 0 Å². The molecule has 1 heteroatoms. The van der Waals surface area contributed by atoms with E-state index in [1.807, 2.05) is 13.1 Å². The average molecular weight is 179 g/mol. The fraction of sp³-hybridized carbons (Fsp3) is 0.500. The lowest BCUT2D eigenvalue weighted by molar-refractivity contribution is 0.748. The second-order valence-electron chi connectivity index (χ2n) is 3.64. The van der Waals surface area contributed by atoms with Crippen LogP contribution >= 0.6 is 0 Å². The van der Waals surface area contributed by atoms with Crippen molar-refractivity contribution in [2.75, 3.05) is 7.05 Å². The minimum atomic E-state index is 0.523. The molecule has 0 fully saturated rings. The lowest BCUT2D eigenvalue weighted by atomic mass is 9.97. The van der Waals surface area contributed by atoms with E-state index >= 15 is 0 Å². The fourth-order valence-corrected chi connectivity index (χ4v) is 1.37. The SMILES string of the molecule is C=C/C=C(\C(NC)=C(C)C)C(C)C. The third-order valence-electron chi connectivity index (χ3n) is 1.96.